The molecular weight excluding hydrogens is 317 g/mol. The van der Waals surface area contributed by atoms with Gasteiger partial charge in [0.1, 0.15) is 5.82 Å². The number of benzene rings is 2. The Kier molecular flexibility index (Phi) is 3.90. The number of hydrogen-bond donors (Lipinski definition) is 1. The van der Waals surface area contributed by atoms with Crippen LogP contribution < -0.4 is 5.73 Å². The molecule has 0 amide bonds. The van der Waals surface area contributed by atoms with E-state index < -0.39 is 0 Å². The van der Waals surface area contributed by atoms with Crippen molar-refractivity contribution in [2.45, 2.75) is 31.7 Å². The van der Waals surface area contributed by atoms with E-state index in [1.807, 2.05) is 6.07 Å². The minimum absolute atomic E-state index is 0.0883. The van der Waals surface area contributed by atoms with Crippen LogP contribution in [0.5, 0.6) is 0 Å². The van der Waals surface area contributed by atoms with Gasteiger partial charge in [-0.1, -0.05) is 34.1 Å². The van der Waals surface area contributed by atoms with Crippen molar-refractivity contribution in [1.82, 2.24) is 0 Å². The van der Waals surface area contributed by atoms with Crippen LogP contribution in [-0.2, 0) is 19.3 Å². The number of fused-ring (bicyclic) bond motifs is 1. The van der Waals surface area contributed by atoms with Crippen molar-refractivity contribution in [2.24, 2.45) is 5.73 Å². The first-order valence-electron chi connectivity index (χ1n) is 6.94. The number of rotatable bonds is 3. The summed E-state index contributed by atoms with van der Waals surface area (Å²) in [6.07, 6.45) is 4.23. The second-order valence-corrected chi connectivity index (χ2v) is 6.39. The smallest absolute Gasteiger partial charge is 0.124 e. The maximum atomic E-state index is 13.4. The van der Waals surface area contributed by atoms with E-state index in [2.05, 4.69) is 34.1 Å². The van der Waals surface area contributed by atoms with E-state index in [0.717, 1.165) is 22.0 Å². The highest BCUT2D eigenvalue weighted by atomic mass is 79.9. The molecule has 3 heteroatoms. The van der Waals surface area contributed by atoms with Gasteiger partial charge in [0.2, 0.25) is 0 Å². The molecule has 0 saturated carbocycles. The lowest BCUT2D eigenvalue weighted by Crippen LogP contribution is -2.13. The van der Waals surface area contributed by atoms with Crippen molar-refractivity contribution >= 4 is 15.9 Å². The largest absolute Gasteiger partial charge is 0.324 e. The van der Waals surface area contributed by atoms with Crippen molar-refractivity contribution in [2.75, 3.05) is 0 Å². The van der Waals surface area contributed by atoms with Crippen LogP contribution in [0.2, 0.25) is 0 Å². The van der Waals surface area contributed by atoms with Crippen LogP contribution in [0, 0.1) is 5.82 Å². The zero-order valence-corrected chi connectivity index (χ0v) is 12.8. The molecule has 0 aliphatic heterocycles. The van der Waals surface area contributed by atoms with Crippen molar-refractivity contribution in [3.05, 3.63) is 68.9 Å². The predicted molar refractivity (Wildman–Crippen MR) is 83.2 cm³/mol. The van der Waals surface area contributed by atoms with Gasteiger partial charge in [0, 0.05) is 10.5 Å². The standard InChI is InChI=1S/C17H17BrFN/c18-15-6-11(7-16(19)10-15)8-17(20)14-5-4-12-2-1-3-13(12)9-14/h4-7,9-10,17H,1-3,8,20H2. The second-order valence-electron chi connectivity index (χ2n) is 5.47. The number of halogens is 2. The normalized spacial score (nSPS) is 15.2. The van der Waals surface area contributed by atoms with Crippen LogP contribution in [0.4, 0.5) is 4.39 Å². The van der Waals surface area contributed by atoms with Gasteiger partial charge in [-0.2, -0.15) is 0 Å². The Labute approximate surface area is 127 Å². The number of hydrogen-bond acceptors (Lipinski definition) is 1. The van der Waals surface area contributed by atoms with Gasteiger partial charge in [0.05, 0.1) is 0 Å². The minimum atomic E-state index is -0.226. The summed E-state index contributed by atoms with van der Waals surface area (Å²) in [5, 5.41) is 0. The average molecular weight is 334 g/mol. The van der Waals surface area contributed by atoms with Gasteiger partial charge in [0.15, 0.2) is 0 Å². The Hall–Kier alpha value is -1.19. The molecule has 3 rings (SSSR count). The monoisotopic (exact) mass is 333 g/mol. The molecule has 20 heavy (non-hydrogen) atoms. The van der Waals surface area contributed by atoms with Gasteiger partial charge in [-0.15, -0.1) is 0 Å². The predicted octanol–water partition coefficient (Wildman–Crippen LogP) is 4.32. The Morgan fingerprint density at radius 1 is 1.10 bits per heavy atom. The lowest BCUT2D eigenvalue weighted by atomic mass is 9.96. The molecule has 1 atom stereocenters. The Bertz CT molecular complexity index is 619. The van der Waals surface area contributed by atoms with E-state index in [0.29, 0.717) is 6.42 Å². The fraction of sp³-hybridized carbons (Fsp3) is 0.294. The third-order valence-electron chi connectivity index (χ3n) is 3.93. The summed E-state index contributed by atoms with van der Waals surface area (Å²) in [4.78, 5) is 0. The first-order chi connectivity index (χ1) is 9.61. The molecule has 1 nitrogen and oxygen atoms in total. The molecule has 0 saturated heterocycles. The van der Waals surface area contributed by atoms with E-state index in [9.17, 15) is 4.39 Å². The van der Waals surface area contributed by atoms with Crippen LogP contribution in [-0.4, -0.2) is 0 Å². The number of nitrogens with two attached hydrogens (primary N) is 1. The summed E-state index contributed by atoms with van der Waals surface area (Å²) in [5.74, 6) is -0.226. The summed E-state index contributed by atoms with van der Waals surface area (Å²) >= 11 is 3.32. The molecule has 1 aliphatic rings. The summed E-state index contributed by atoms with van der Waals surface area (Å²) in [5.41, 5.74) is 11.2. The Balaban J connectivity index is 1.80. The van der Waals surface area contributed by atoms with Crippen LogP contribution in [0.3, 0.4) is 0 Å². The Morgan fingerprint density at radius 3 is 2.70 bits per heavy atom. The van der Waals surface area contributed by atoms with Crippen LogP contribution in [0.15, 0.2) is 40.9 Å². The highest BCUT2D eigenvalue weighted by molar-refractivity contribution is 9.10. The van der Waals surface area contributed by atoms with Crippen molar-refractivity contribution in [3.63, 3.8) is 0 Å². The van der Waals surface area contributed by atoms with E-state index in [-0.39, 0.29) is 11.9 Å². The minimum Gasteiger partial charge on any atom is -0.324 e. The van der Waals surface area contributed by atoms with Crippen LogP contribution in [0.25, 0.3) is 0 Å². The molecule has 104 valence electrons. The molecule has 2 aromatic rings. The lowest BCUT2D eigenvalue weighted by Gasteiger charge is -2.14. The molecule has 0 radical (unpaired) electrons. The topological polar surface area (TPSA) is 26.0 Å². The SMILES string of the molecule is NC(Cc1cc(F)cc(Br)c1)c1ccc2c(c1)CCC2. The zero-order chi connectivity index (χ0) is 14.1. The summed E-state index contributed by atoms with van der Waals surface area (Å²) in [7, 11) is 0. The molecule has 2 N–H and O–H groups in total. The fourth-order valence-electron chi connectivity index (χ4n) is 2.92. The van der Waals surface area contributed by atoms with E-state index in [1.54, 1.807) is 6.07 Å². The fourth-order valence-corrected chi connectivity index (χ4v) is 3.44. The molecule has 0 bridgehead atoms. The number of aryl methyl sites for hydroxylation is 2. The zero-order valence-electron chi connectivity index (χ0n) is 11.2. The Morgan fingerprint density at radius 2 is 1.90 bits per heavy atom. The molecule has 0 fully saturated rings. The summed E-state index contributed by atoms with van der Waals surface area (Å²) in [6.45, 7) is 0. The van der Waals surface area contributed by atoms with Gasteiger partial charge in [0.25, 0.3) is 0 Å². The quantitative estimate of drug-likeness (QED) is 0.889. The highest BCUT2D eigenvalue weighted by Gasteiger charge is 2.14. The summed E-state index contributed by atoms with van der Waals surface area (Å²) < 4.78 is 14.1. The maximum Gasteiger partial charge on any atom is 0.124 e. The van der Waals surface area contributed by atoms with Crippen LogP contribution >= 0.6 is 15.9 Å². The van der Waals surface area contributed by atoms with Crippen molar-refractivity contribution in [3.8, 4) is 0 Å². The van der Waals surface area contributed by atoms with Crippen LogP contribution in [0.1, 0.15) is 34.7 Å². The van der Waals surface area contributed by atoms with Gasteiger partial charge in [-0.05, 0) is 66.1 Å². The van der Waals surface area contributed by atoms with E-state index >= 15 is 0 Å². The van der Waals surface area contributed by atoms with Gasteiger partial charge in [-0.25, -0.2) is 4.39 Å². The average Bonchev–Trinajstić information content (AvgIpc) is 2.84. The molecule has 0 aromatic heterocycles. The first-order valence-corrected chi connectivity index (χ1v) is 7.73. The molecule has 2 aromatic carbocycles. The molecular formula is C17H17BrFN. The second kappa shape index (κ2) is 5.66. The van der Waals surface area contributed by atoms with Crippen molar-refractivity contribution in [1.29, 1.82) is 0 Å². The molecule has 0 spiro atoms. The van der Waals surface area contributed by atoms with E-state index in [4.69, 9.17) is 5.73 Å². The van der Waals surface area contributed by atoms with Crippen molar-refractivity contribution < 1.29 is 4.39 Å². The van der Waals surface area contributed by atoms with Gasteiger partial charge in [-0.3, -0.25) is 0 Å². The van der Waals surface area contributed by atoms with E-state index in [1.165, 1.54) is 30.0 Å². The molecule has 1 aliphatic carbocycles. The molecule has 0 heterocycles. The highest BCUT2D eigenvalue weighted by Crippen LogP contribution is 2.26. The third-order valence-corrected chi connectivity index (χ3v) is 4.39. The van der Waals surface area contributed by atoms with Gasteiger partial charge < -0.3 is 5.73 Å². The maximum absolute atomic E-state index is 13.4. The van der Waals surface area contributed by atoms with Gasteiger partial charge >= 0.3 is 0 Å². The molecule has 1 unspecified atom stereocenters. The lowest BCUT2D eigenvalue weighted by molar-refractivity contribution is 0.621. The summed E-state index contributed by atoms with van der Waals surface area (Å²) in [6, 6.07) is 11.4. The first kappa shape index (κ1) is 13.8. The third kappa shape index (κ3) is 2.94.